The minimum Gasteiger partial charge on any atom is -0.271 e. The van der Waals surface area contributed by atoms with Crippen LogP contribution >= 0.6 is 23.1 Å². The van der Waals surface area contributed by atoms with E-state index in [1.54, 1.807) is 12.1 Å². The Morgan fingerprint density at radius 2 is 2.14 bits per heavy atom. The smallest absolute Gasteiger partial charge is 0.141 e. The van der Waals surface area contributed by atoms with Crippen molar-refractivity contribution in [3.05, 3.63) is 45.2 Å². The zero-order valence-electron chi connectivity index (χ0n) is 12.2. The van der Waals surface area contributed by atoms with Gasteiger partial charge < -0.3 is 0 Å². The van der Waals surface area contributed by atoms with Crippen molar-refractivity contribution in [2.24, 2.45) is 5.84 Å². The third-order valence-corrected chi connectivity index (χ3v) is 4.29. The number of rotatable bonds is 4. The molecule has 1 heterocycles. The Hall–Kier alpha value is -1.08. The van der Waals surface area contributed by atoms with Gasteiger partial charge in [-0.3, -0.25) is 11.3 Å². The summed E-state index contributed by atoms with van der Waals surface area (Å²) in [4.78, 5) is 0.991. The molecule has 0 amide bonds. The molecule has 0 aliphatic carbocycles. The van der Waals surface area contributed by atoms with Crippen LogP contribution in [0.1, 0.15) is 42.9 Å². The van der Waals surface area contributed by atoms with Gasteiger partial charge in [0.1, 0.15) is 5.82 Å². The lowest BCUT2D eigenvalue weighted by Gasteiger charge is -2.21. The van der Waals surface area contributed by atoms with Crippen molar-refractivity contribution in [1.82, 2.24) is 15.0 Å². The summed E-state index contributed by atoms with van der Waals surface area (Å²) in [5.74, 6) is 5.26. The fourth-order valence-electron chi connectivity index (χ4n) is 2.08. The first-order valence-corrected chi connectivity index (χ1v) is 7.71. The number of hydrogen-bond donors (Lipinski definition) is 2. The zero-order chi connectivity index (χ0) is 15.6. The summed E-state index contributed by atoms with van der Waals surface area (Å²) in [5, 5.41) is 4.33. The lowest BCUT2D eigenvalue weighted by atomic mass is 9.89. The molecule has 0 bridgehead atoms. The van der Waals surface area contributed by atoms with Crippen LogP contribution in [-0.4, -0.2) is 9.59 Å². The van der Waals surface area contributed by atoms with Gasteiger partial charge in [0, 0.05) is 5.41 Å². The number of nitrogens with one attached hydrogen (secondary N) is 1. The summed E-state index contributed by atoms with van der Waals surface area (Å²) in [7, 11) is 0. The van der Waals surface area contributed by atoms with E-state index in [1.165, 1.54) is 17.6 Å². The zero-order valence-corrected chi connectivity index (χ0v) is 13.7. The highest BCUT2D eigenvalue weighted by atomic mass is 35.5. The van der Waals surface area contributed by atoms with E-state index in [4.69, 9.17) is 17.4 Å². The molecule has 1 aromatic heterocycles. The molecule has 3 N–H and O–H groups in total. The average molecular weight is 329 g/mol. The van der Waals surface area contributed by atoms with Gasteiger partial charge in [-0.15, -0.1) is 5.10 Å². The van der Waals surface area contributed by atoms with Crippen LogP contribution in [0, 0.1) is 5.82 Å². The van der Waals surface area contributed by atoms with Crippen molar-refractivity contribution in [1.29, 1.82) is 0 Å². The van der Waals surface area contributed by atoms with E-state index in [0.717, 1.165) is 16.1 Å². The summed E-state index contributed by atoms with van der Waals surface area (Å²) < 4.78 is 17.3. The molecule has 0 aliphatic rings. The van der Waals surface area contributed by atoms with Crippen LogP contribution in [0.15, 0.2) is 18.2 Å². The molecular formula is C14H18ClFN4S. The molecular weight excluding hydrogens is 311 g/mol. The number of halogens is 2. The third-order valence-electron chi connectivity index (χ3n) is 3.17. The van der Waals surface area contributed by atoms with Gasteiger partial charge in [-0.25, -0.2) is 4.39 Å². The molecule has 1 aromatic carbocycles. The molecule has 2 rings (SSSR count). The van der Waals surface area contributed by atoms with Crippen LogP contribution in [0.3, 0.4) is 0 Å². The van der Waals surface area contributed by atoms with E-state index in [1.807, 2.05) is 0 Å². The normalized spacial score (nSPS) is 13.4. The number of hydrazine groups is 1. The highest BCUT2D eigenvalue weighted by Crippen LogP contribution is 2.32. The number of benzene rings is 1. The minimum atomic E-state index is -0.424. The van der Waals surface area contributed by atoms with Gasteiger partial charge in [0.25, 0.3) is 0 Å². The maximum Gasteiger partial charge on any atom is 0.141 e. The Labute approximate surface area is 132 Å². The molecule has 21 heavy (non-hydrogen) atoms. The molecule has 1 atom stereocenters. The van der Waals surface area contributed by atoms with Crippen molar-refractivity contribution in [3.63, 3.8) is 0 Å². The quantitative estimate of drug-likeness (QED) is 0.667. The van der Waals surface area contributed by atoms with E-state index in [0.29, 0.717) is 6.42 Å². The molecule has 0 fully saturated rings. The Bertz CT molecular complexity index is 624. The lowest BCUT2D eigenvalue weighted by molar-refractivity contribution is 0.515. The highest BCUT2D eigenvalue weighted by Gasteiger charge is 2.27. The van der Waals surface area contributed by atoms with Gasteiger partial charge in [-0.05, 0) is 35.6 Å². The third kappa shape index (κ3) is 3.77. The molecule has 114 valence electrons. The summed E-state index contributed by atoms with van der Waals surface area (Å²) in [6, 6.07) is 4.55. The largest absolute Gasteiger partial charge is 0.271 e. The second kappa shape index (κ2) is 6.36. The first kappa shape index (κ1) is 16.3. The molecule has 0 saturated carbocycles. The van der Waals surface area contributed by atoms with Gasteiger partial charge in [0.15, 0.2) is 0 Å². The molecule has 0 aliphatic heterocycles. The standard InChI is InChI=1S/C14H18ClFN4S/c1-14(2,3)13-12(21-20-19-13)11(18-17)7-8-4-5-10(16)9(15)6-8/h4-6,11,18H,7,17H2,1-3H3. The van der Waals surface area contributed by atoms with E-state index >= 15 is 0 Å². The second-order valence-electron chi connectivity index (χ2n) is 5.91. The Morgan fingerprint density at radius 1 is 1.43 bits per heavy atom. The predicted octanol–water partition coefficient (Wildman–Crippen LogP) is 3.38. The van der Waals surface area contributed by atoms with Crippen LogP contribution in [0.5, 0.6) is 0 Å². The molecule has 0 saturated heterocycles. The van der Waals surface area contributed by atoms with Gasteiger partial charge in [-0.2, -0.15) is 0 Å². The molecule has 1 unspecified atom stereocenters. The van der Waals surface area contributed by atoms with Gasteiger partial charge in [0.05, 0.1) is 21.6 Å². The SMILES string of the molecule is CC(C)(C)c1nnsc1C(Cc1ccc(F)c(Cl)c1)NN. The number of nitrogens with two attached hydrogens (primary N) is 1. The number of nitrogens with zero attached hydrogens (tertiary/aromatic N) is 2. The van der Waals surface area contributed by atoms with E-state index in [9.17, 15) is 4.39 Å². The lowest BCUT2D eigenvalue weighted by Crippen LogP contribution is -2.31. The topological polar surface area (TPSA) is 63.8 Å². The van der Waals surface area contributed by atoms with Crippen molar-refractivity contribution in [3.8, 4) is 0 Å². The first-order valence-electron chi connectivity index (χ1n) is 6.55. The Morgan fingerprint density at radius 3 is 2.71 bits per heavy atom. The number of aromatic nitrogens is 2. The van der Waals surface area contributed by atoms with Crippen LogP contribution in [-0.2, 0) is 11.8 Å². The van der Waals surface area contributed by atoms with Gasteiger partial charge in [0.2, 0.25) is 0 Å². The van der Waals surface area contributed by atoms with Crippen LogP contribution in [0.4, 0.5) is 4.39 Å². The highest BCUT2D eigenvalue weighted by molar-refractivity contribution is 7.05. The van der Waals surface area contributed by atoms with Crippen LogP contribution in [0.2, 0.25) is 5.02 Å². The van der Waals surface area contributed by atoms with Crippen molar-refractivity contribution in [2.75, 3.05) is 0 Å². The minimum absolute atomic E-state index is 0.113. The molecule has 0 spiro atoms. The van der Waals surface area contributed by atoms with Crippen molar-refractivity contribution >= 4 is 23.1 Å². The van der Waals surface area contributed by atoms with Crippen LogP contribution < -0.4 is 11.3 Å². The molecule has 0 radical (unpaired) electrons. The second-order valence-corrected chi connectivity index (χ2v) is 7.10. The van der Waals surface area contributed by atoms with Crippen molar-refractivity contribution < 1.29 is 4.39 Å². The van der Waals surface area contributed by atoms with E-state index < -0.39 is 5.82 Å². The fraction of sp³-hybridized carbons (Fsp3) is 0.429. The van der Waals surface area contributed by atoms with Crippen molar-refractivity contribution in [2.45, 2.75) is 38.6 Å². The van der Waals surface area contributed by atoms with Gasteiger partial charge in [-0.1, -0.05) is 42.9 Å². The molecule has 2 aromatic rings. The predicted molar refractivity (Wildman–Crippen MR) is 83.8 cm³/mol. The average Bonchev–Trinajstić information content (AvgIpc) is 2.89. The Kier molecular flexibility index (Phi) is 4.93. The molecule has 4 nitrogen and oxygen atoms in total. The van der Waals surface area contributed by atoms with E-state index in [-0.39, 0.29) is 16.5 Å². The summed E-state index contributed by atoms with van der Waals surface area (Å²) in [5.41, 5.74) is 4.50. The first-order chi connectivity index (χ1) is 9.82. The fourth-order valence-corrected chi connectivity index (χ4v) is 3.20. The molecule has 7 heteroatoms. The van der Waals surface area contributed by atoms with E-state index in [2.05, 4.69) is 35.8 Å². The summed E-state index contributed by atoms with van der Waals surface area (Å²) in [6.07, 6.45) is 0.587. The maximum atomic E-state index is 13.2. The maximum absolute atomic E-state index is 13.2. The summed E-state index contributed by atoms with van der Waals surface area (Å²) >= 11 is 7.15. The Balaban J connectivity index is 2.28. The summed E-state index contributed by atoms with van der Waals surface area (Å²) in [6.45, 7) is 6.24. The number of hydrogen-bond acceptors (Lipinski definition) is 5. The monoisotopic (exact) mass is 328 g/mol. The van der Waals surface area contributed by atoms with Crippen LogP contribution in [0.25, 0.3) is 0 Å². The van der Waals surface area contributed by atoms with Gasteiger partial charge >= 0.3 is 0 Å².